The van der Waals surface area contributed by atoms with Gasteiger partial charge in [-0.15, -0.1) is 0 Å². The van der Waals surface area contributed by atoms with Crippen molar-refractivity contribution in [1.82, 2.24) is 0 Å². The van der Waals surface area contributed by atoms with E-state index in [9.17, 15) is 9.59 Å². The SMILES string of the molecule is CC(C)(C)c1ccc(OC(=O)N=C=O)cc1. The summed E-state index contributed by atoms with van der Waals surface area (Å²) in [6.07, 6.45) is 0.164. The predicted molar refractivity (Wildman–Crippen MR) is 59.3 cm³/mol. The van der Waals surface area contributed by atoms with E-state index in [0.717, 1.165) is 11.6 Å². The van der Waals surface area contributed by atoms with E-state index < -0.39 is 6.09 Å². The summed E-state index contributed by atoms with van der Waals surface area (Å²) in [5.41, 5.74) is 1.18. The molecule has 0 spiro atoms. The molecule has 0 heterocycles. The van der Waals surface area contributed by atoms with Crippen LogP contribution in [0, 0.1) is 0 Å². The number of nitrogens with zero attached hydrogens (tertiary/aromatic N) is 1. The molecule has 0 radical (unpaired) electrons. The molecule has 1 amide bonds. The van der Waals surface area contributed by atoms with Gasteiger partial charge >= 0.3 is 6.09 Å². The first-order valence-electron chi connectivity index (χ1n) is 4.84. The molecule has 0 aliphatic heterocycles. The van der Waals surface area contributed by atoms with Crippen LogP contribution >= 0.6 is 0 Å². The van der Waals surface area contributed by atoms with Crippen molar-refractivity contribution in [3.05, 3.63) is 29.8 Å². The number of hydrogen-bond donors (Lipinski definition) is 0. The minimum atomic E-state index is -0.960. The molecule has 0 fully saturated rings. The molecule has 0 N–H and O–H groups in total. The van der Waals surface area contributed by atoms with Gasteiger partial charge in [-0.25, -0.2) is 9.59 Å². The van der Waals surface area contributed by atoms with Crippen LogP contribution in [-0.2, 0) is 10.2 Å². The second kappa shape index (κ2) is 4.73. The van der Waals surface area contributed by atoms with E-state index in [4.69, 9.17) is 4.74 Å². The molecule has 84 valence electrons. The molecule has 0 saturated heterocycles. The Morgan fingerprint density at radius 1 is 1.25 bits per heavy atom. The van der Waals surface area contributed by atoms with Gasteiger partial charge in [0.15, 0.2) is 0 Å². The standard InChI is InChI=1S/C12H13NO3/c1-12(2,3)9-4-6-10(7-5-9)16-11(15)13-8-14/h4-7H,1-3H3. The highest BCUT2D eigenvalue weighted by atomic mass is 16.5. The van der Waals surface area contributed by atoms with Gasteiger partial charge in [-0.1, -0.05) is 37.9 Å². The lowest BCUT2D eigenvalue weighted by Gasteiger charge is -2.18. The molecular weight excluding hydrogens is 206 g/mol. The summed E-state index contributed by atoms with van der Waals surface area (Å²) in [6, 6.07) is 7.07. The maximum Gasteiger partial charge on any atom is 0.450 e. The molecule has 0 saturated carbocycles. The smallest absolute Gasteiger partial charge is 0.408 e. The molecule has 1 aromatic rings. The molecule has 1 rings (SSSR count). The first kappa shape index (κ1) is 12.1. The average Bonchev–Trinajstić information content (AvgIpc) is 2.17. The Labute approximate surface area is 94.0 Å². The molecule has 0 atom stereocenters. The number of carbonyl (C=O) groups excluding carboxylic acids is 2. The van der Waals surface area contributed by atoms with Crippen molar-refractivity contribution >= 4 is 12.2 Å². The number of ether oxygens (including phenoxy) is 1. The lowest BCUT2D eigenvalue weighted by Crippen LogP contribution is -2.10. The maximum absolute atomic E-state index is 10.8. The Kier molecular flexibility index (Phi) is 3.59. The van der Waals surface area contributed by atoms with Gasteiger partial charge in [0, 0.05) is 0 Å². The molecule has 0 unspecified atom stereocenters. The largest absolute Gasteiger partial charge is 0.450 e. The number of benzene rings is 1. The predicted octanol–water partition coefficient (Wildman–Crippen LogP) is 2.82. The van der Waals surface area contributed by atoms with Crippen molar-refractivity contribution in [3.63, 3.8) is 0 Å². The third-order valence-corrected chi connectivity index (χ3v) is 2.06. The first-order valence-corrected chi connectivity index (χ1v) is 4.84. The zero-order valence-electron chi connectivity index (χ0n) is 9.48. The zero-order valence-corrected chi connectivity index (χ0v) is 9.48. The zero-order chi connectivity index (χ0) is 12.2. The summed E-state index contributed by atoms with van der Waals surface area (Å²) in [5.74, 6) is 0.358. The molecule has 0 bridgehead atoms. The van der Waals surface area contributed by atoms with Crippen LogP contribution in [0.25, 0.3) is 0 Å². The number of aliphatic imine (C=N–C) groups is 1. The second-order valence-corrected chi connectivity index (χ2v) is 4.35. The average molecular weight is 219 g/mol. The minimum Gasteiger partial charge on any atom is -0.408 e. The topological polar surface area (TPSA) is 55.7 Å². The van der Waals surface area contributed by atoms with Gasteiger partial charge in [0.25, 0.3) is 0 Å². The van der Waals surface area contributed by atoms with Crippen molar-refractivity contribution in [2.75, 3.05) is 0 Å². The summed E-state index contributed by atoms with van der Waals surface area (Å²) in [4.78, 5) is 23.5. The summed E-state index contributed by atoms with van der Waals surface area (Å²) >= 11 is 0. The van der Waals surface area contributed by atoms with Crippen LogP contribution in [0.4, 0.5) is 4.79 Å². The highest BCUT2D eigenvalue weighted by molar-refractivity contribution is 5.76. The fourth-order valence-corrected chi connectivity index (χ4v) is 1.18. The van der Waals surface area contributed by atoms with E-state index in [1.807, 2.05) is 12.1 Å². The molecule has 0 aromatic heterocycles. The quantitative estimate of drug-likeness (QED) is 0.539. The molecule has 0 aliphatic rings. The number of isocyanates is 1. The van der Waals surface area contributed by atoms with Gasteiger partial charge in [-0.2, -0.15) is 0 Å². The number of rotatable bonds is 1. The number of amides is 1. The van der Waals surface area contributed by atoms with Crippen LogP contribution in [0.5, 0.6) is 5.75 Å². The van der Waals surface area contributed by atoms with Crippen molar-refractivity contribution < 1.29 is 14.3 Å². The van der Waals surface area contributed by atoms with Crippen molar-refractivity contribution in [2.45, 2.75) is 26.2 Å². The molecule has 16 heavy (non-hydrogen) atoms. The van der Waals surface area contributed by atoms with Crippen LogP contribution in [0.1, 0.15) is 26.3 Å². The maximum atomic E-state index is 10.8. The lowest BCUT2D eigenvalue weighted by molar-refractivity contribution is 0.211. The summed E-state index contributed by atoms with van der Waals surface area (Å²) in [6.45, 7) is 6.26. The van der Waals surface area contributed by atoms with E-state index in [-0.39, 0.29) is 5.41 Å². The van der Waals surface area contributed by atoms with Crippen LogP contribution in [0.15, 0.2) is 29.3 Å². The molecular formula is C12H13NO3. The van der Waals surface area contributed by atoms with E-state index in [0.29, 0.717) is 5.75 Å². The third-order valence-electron chi connectivity index (χ3n) is 2.06. The van der Waals surface area contributed by atoms with E-state index in [1.54, 1.807) is 12.1 Å². The Morgan fingerprint density at radius 3 is 2.25 bits per heavy atom. The van der Waals surface area contributed by atoms with Crippen LogP contribution in [-0.4, -0.2) is 12.2 Å². The fraction of sp³-hybridized carbons (Fsp3) is 0.333. The van der Waals surface area contributed by atoms with Gasteiger partial charge in [0.1, 0.15) is 5.75 Å². The highest BCUT2D eigenvalue weighted by Gasteiger charge is 2.13. The summed E-state index contributed by atoms with van der Waals surface area (Å²) in [7, 11) is 0. The van der Waals surface area contributed by atoms with Gasteiger partial charge in [0.2, 0.25) is 6.08 Å². The normalized spacial score (nSPS) is 10.4. The van der Waals surface area contributed by atoms with Crippen LogP contribution < -0.4 is 4.74 Å². The molecule has 0 aliphatic carbocycles. The third kappa shape index (κ3) is 3.33. The van der Waals surface area contributed by atoms with Gasteiger partial charge < -0.3 is 4.74 Å². The van der Waals surface area contributed by atoms with Crippen molar-refractivity contribution in [2.24, 2.45) is 4.99 Å². The molecule has 4 heteroatoms. The van der Waals surface area contributed by atoms with E-state index in [2.05, 4.69) is 25.8 Å². The Bertz CT molecular complexity index is 423. The monoisotopic (exact) mass is 219 g/mol. The second-order valence-electron chi connectivity index (χ2n) is 4.35. The first-order chi connectivity index (χ1) is 7.43. The van der Waals surface area contributed by atoms with Crippen molar-refractivity contribution in [3.8, 4) is 5.75 Å². The lowest BCUT2D eigenvalue weighted by atomic mass is 9.87. The summed E-state index contributed by atoms with van der Waals surface area (Å²) in [5, 5.41) is 0. The minimum absolute atomic E-state index is 0.0451. The van der Waals surface area contributed by atoms with Gasteiger partial charge in [-0.3, -0.25) is 0 Å². The molecule has 4 nitrogen and oxygen atoms in total. The van der Waals surface area contributed by atoms with E-state index in [1.165, 1.54) is 0 Å². The van der Waals surface area contributed by atoms with Crippen LogP contribution in [0.3, 0.4) is 0 Å². The Hall–Kier alpha value is -1.93. The Morgan fingerprint density at radius 2 is 1.81 bits per heavy atom. The highest BCUT2D eigenvalue weighted by Crippen LogP contribution is 2.24. The van der Waals surface area contributed by atoms with Gasteiger partial charge in [-0.05, 0) is 23.1 Å². The summed E-state index contributed by atoms with van der Waals surface area (Å²) < 4.78 is 4.75. The van der Waals surface area contributed by atoms with E-state index >= 15 is 0 Å². The number of hydrogen-bond acceptors (Lipinski definition) is 3. The van der Waals surface area contributed by atoms with Crippen LogP contribution in [0.2, 0.25) is 0 Å². The molecule has 1 aromatic carbocycles. The number of carbonyl (C=O) groups is 1. The Balaban J connectivity index is 2.80. The van der Waals surface area contributed by atoms with Gasteiger partial charge in [0.05, 0.1) is 0 Å². The fourth-order valence-electron chi connectivity index (χ4n) is 1.18. The van der Waals surface area contributed by atoms with Crippen molar-refractivity contribution in [1.29, 1.82) is 0 Å².